The molecule has 0 aromatic carbocycles. The molecule has 1 aromatic rings. The van der Waals surface area contributed by atoms with Crippen LogP contribution in [-0.4, -0.2) is 33.5 Å². The van der Waals surface area contributed by atoms with Crippen LogP contribution in [0.4, 0.5) is 0 Å². The third-order valence-electron chi connectivity index (χ3n) is 4.41. The molecule has 0 saturated heterocycles. The molecular weight excluding hydrogens is 266 g/mol. The van der Waals surface area contributed by atoms with Gasteiger partial charge in [-0.15, -0.1) is 0 Å². The number of allylic oxidation sites excluding steroid dienone is 1. The summed E-state index contributed by atoms with van der Waals surface area (Å²) in [7, 11) is 0. The quantitative estimate of drug-likeness (QED) is 0.855. The molecule has 3 rings (SSSR count). The number of rotatable bonds is 4. The van der Waals surface area contributed by atoms with Crippen molar-refractivity contribution in [1.82, 2.24) is 14.5 Å². The molecule has 1 atom stereocenters. The highest BCUT2D eigenvalue weighted by Gasteiger charge is 2.31. The third-order valence-corrected chi connectivity index (χ3v) is 4.41. The van der Waals surface area contributed by atoms with Crippen molar-refractivity contribution < 1.29 is 9.53 Å². The van der Waals surface area contributed by atoms with E-state index in [1.165, 1.54) is 0 Å². The molecule has 21 heavy (non-hydrogen) atoms. The Kier molecular flexibility index (Phi) is 4.10. The van der Waals surface area contributed by atoms with Gasteiger partial charge in [0.05, 0.1) is 24.5 Å². The number of hydrogen-bond acceptors (Lipinski definition) is 3. The fourth-order valence-corrected chi connectivity index (χ4v) is 3.21. The maximum atomic E-state index is 12.6. The summed E-state index contributed by atoms with van der Waals surface area (Å²) in [5.74, 6) is 1.17. The standard InChI is InChI=1S/C16H23N3O2/c1-3-21-11-14-10-17-15-12(2)18(8-9-19(14)15)16(20)13-6-4-5-7-13/h6,10,12H,3-5,7-9,11H2,1-2H3/t12-/m0/s1. The lowest BCUT2D eigenvalue weighted by Gasteiger charge is -2.34. The van der Waals surface area contributed by atoms with Gasteiger partial charge in [0.1, 0.15) is 5.82 Å². The van der Waals surface area contributed by atoms with Crippen molar-refractivity contribution >= 4 is 5.91 Å². The molecule has 1 aromatic heterocycles. The second-order valence-electron chi connectivity index (χ2n) is 5.69. The molecule has 0 radical (unpaired) electrons. The Bertz CT molecular complexity index is 562. The van der Waals surface area contributed by atoms with Gasteiger partial charge in [-0.1, -0.05) is 6.08 Å². The summed E-state index contributed by atoms with van der Waals surface area (Å²) < 4.78 is 7.69. The van der Waals surface area contributed by atoms with Crippen LogP contribution in [0.2, 0.25) is 0 Å². The predicted molar refractivity (Wildman–Crippen MR) is 79.6 cm³/mol. The molecule has 5 nitrogen and oxygen atoms in total. The Morgan fingerprint density at radius 2 is 2.33 bits per heavy atom. The van der Waals surface area contributed by atoms with Crippen LogP contribution in [0.3, 0.4) is 0 Å². The molecular formula is C16H23N3O2. The summed E-state index contributed by atoms with van der Waals surface area (Å²) in [4.78, 5) is 19.1. The number of carbonyl (C=O) groups is 1. The zero-order valence-corrected chi connectivity index (χ0v) is 12.8. The van der Waals surface area contributed by atoms with Crippen molar-refractivity contribution in [2.24, 2.45) is 0 Å². The van der Waals surface area contributed by atoms with Crippen LogP contribution >= 0.6 is 0 Å². The Hall–Kier alpha value is -1.62. The zero-order chi connectivity index (χ0) is 14.8. The molecule has 114 valence electrons. The van der Waals surface area contributed by atoms with Gasteiger partial charge >= 0.3 is 0 Å². The van der Waals surface area contributed by atoms with E-state index < -0.39 is 0 Å². The highest BCUT2D eigenvalue weighted by atomic mass is 16.5. The lowest BCUT2D eigenvalue weighted by atomic mass is 10.1. The number of hydrogen-bond donors (Lipinski definition) is 0. The van der Waals surface area contributed by atoms with Gasteiger partial charge in [-0.05, 0) is 33.1 Å². The van der Waals surface area contributed by atoms with Gasteiger partial charge in [0, 0.05) is 25.3 Å². The van der Waals surface area contributed by atoms with E-state index in [4.69, 9.17) is 4.74 Å². The summed E-state index contributed by atoms with van der Waals surface area (Å²) in [5, 5.41) is 0. The average molecular weight is 289 g/mol. The van der Waals surface area contributed by atoms with Crippen molar-refractivity contribution in [2.75, 3.05) is 13.2 Å². The van der Waals surface area contributed by atoms with Crippen molar-refractivity contribution in [3.05, 3.63) is 29.4 Å². The molecule has 0 N–H and O–H groups in total. The summed E-state index contributed by atoms with van der Waals surface area (Å²) in [6, 6.07) is 0.0307. The first-order valence-electron chi connectivity index (χ1n) is 7.84. The first-order chi connectivity index (χ1) is 10.2. The first kappa shape index (κ1) is 14.3. The smallest absolute Gasteiger partial charge is 0.250 e. The molecule has 2 heterocycles. The summed E-state index contributed by atoms with van der Waals surface area (Å²) in [6.45, 7) is 6.91. The number of fused-ring (bicyclic) bond motifs is 1. The number of ether oxygens (including phenoxy) is 1. The zero-order valence-electron chi connectivity index (χ0n) is 12.8. The number of amides is 1. The third kappa shape index (κ3) is 2.62. The second-order valence-corrected chi connectivity index (χ2v) is 5.69. The molecule has 1 aliphatic carbocycles. The van der Waals surface area contributed by atoms with E-state index in [1.54, 1.807) is 0 Å². The minimum absolute atomic E-state index is 0.0307. The number of aromatic nitrogens is 2. The van der Waals surface area contributed by atoms with Crippen LogP contribution in [0.25, 0.3) is 0 Å². The van der Waals surface area contributed by atoms with E-state index in [0.717, 1.165) is 49.4 Å². The van der Waals surface area contributed by atoms with Crippen molar-refractivity contribution in [1.29, 1.82) is 0 Å². The Morgan fingerprint density at radius 3 is 3.05 bits per heavy atom. The van der Waals surface area contributed by atoms with E-state index in [9.17, 15) is 4.79 Å². The molecule has 5 heteroatoms. The fraction of sp³-hybridized carbons (Fsp3) is 0.625. The van der Waals surface area contributed by atoms with E-state index in [2.05, 4.69) is 22.6 Å². The summed E-state index contributed by atoms with van der Waals surface area (Å²) in [5.41, 5.74) is 2.09. The second kappa shape index (κ2) is 6.02. The Labute approximate surface area is 125 Å². The van der Waals surface area contributed by atoms with Gasteiger partial charge in [0.15, 0.2) is 0 Å². The number of imidazole rings is 1. The highest BCUT2D eigenvalue weighted by molar-refractivity contribution is 5.94. The van der Waals surface area contributed by atoms with Crippen LogP contribution in [0.1, 0.15) is 50.7 Å². The fourth-order valence-electron chi connectivity index (χ4n) is 3.21. The van der Waals surface area contributed by atoms with E-state index >= 15 is 0 Å². The largest absolute Gasteiger partial charge is 0.375 e. The van der Waals surface area contributed by atoms with Gasteiger partial charge in [-0.25, -0.2) is 4.98 Å². The van der Waals surface area contributed by atoms with Crippen molar-refractivity contribution in [2.45, 2.75) is 52.3 Å². The summed E-state index contributed by atoms with van der Waals surface area (Å²) in [6.07, 6.45) is 7.04. The molecule has 0 unspecified atom stereocenters. The SMILES string of the molecule is CCOCc1cnc2n1CCN(C(=O)C1=CCCC1)[C@H]2C. The average Bonchev–Trinajstić information content (AvgIpc) is 3.15. The van der Waals surface area contributed by atoms with Crippen LogP contribution in [0, 0.1) is 0 Å². The van der Waals surface area contributed by atoms with Crippen LogP contribution in [0.15, 0.2) is 17.8 Å². The number of carbonyl (C=O) groups excluding carboxylic acids is 1. The van der Waals surface area contributed by atoms with E-state index in [1.807, 2.05) is 18.0 Å². The molecule has 0 fully saturated rings. The minimum atomic E-state index is 0.0307. The minimum Gasteiger partial charge on any atom is -0.375 e. The lowest BCUT2D eigenvalue weighted by molar-refractivity contribution is -0.130. The molecule has 0 spiro atoms. The maximum absolute atomic E-state index is 12.6. The van der Waals surface area contributed by atoms with Gasteiger partial charge < -0.3 is 14.2 Å². The molecule has 0 saturated carbocycles. The lowest BCUT2D eigenvalue weighted by Crippen LogP contribution is -2.42. The van der Waals surface area contributed by atoms with Gasteiger partial charge in [0.25, 0.3) is 0 Å². The molecule has 0 bridgehead atoms. The number of nitrogens with zero attached hydrogens (tertiary/aromatic N) is 3. The van der Waals surface area contributed by atoms with Crippen LogP contribution in [-0.2, 0) is 22.7 Å². The van der Waals surface area contributed by atoms with Gasteiger partial charge in [0.2, 0.25) is 5.91 Å². The topological polar surface area (TPSA) is 47.4 Å². The monoisotopic (exact) mass is 289 g/mol. The van der Waals surface area contributed by atoms with Gasteiger partial charge in [-0.3, -0.25) is 4.79 Å². The first-order valence-corrected chi connectivity index (χ1v) is 7.84. The van der Waals surface area contributed by atoms with E-state index in [0.29, 0.717) is 13.2 Å². The molecule has 1 amide bonds. The van der Waals surface area contributed by atoms with Crippen molar-refractivity contribution in [3.63, 3.8) is 0 Å². The Morgan fingerprint density at radius 1 is 1.48 bits per heavy atom. The normalized spacial score (nSPS) is 21.3. The van der Waals surface area contributed by atoms with Crippen molar-refractivity contribution in [3.8, 4) is 0 Å². The highest BCUT2D eigenvalue weighted by Crippen LogP contribution is 2.29. The van der Waals surface area contributed by atoms with Gasteiger partial charge in [-0.2, -0.15) is 0 Å². The van der Waals surface area contributed by atoms with Crippen LogP contribution in [0.5, 0.6) is 0 Å². The molecule has 1 aliphatic heterocycles. The van der Waals surface area contributed by atoms with Crippen LogP contribution < -0.4 is 0 Å². The van der Waals surface area contributed by atoms with E-state index in [-0.39, 0.29) is 11.9 Å². The maximum Gasteiger partial charge on any atom is 0.250 e. The molecule has 2 aliphatic rings. The Balaban J connectivity index is 1.77. The summed E-state index contributed by atoms with van der Waals surface area (Å²) >= 11 is 0. The predicted octanol–water partition coefficient (Wildman–Crippen LogP) is 2.43.